The van der Waals surface area contributed by atoms with Gasteiger partial charge in [-0.2, -0.15) is 0 Å². The predicted molar refractivity (Wildman–Crippen MR) is 90.2 cm³/mol. The SMILES string of the molecule is CNC(=O)c1cc(F)c2cncn2c1Nc1ccc(C2CC2)cc1F. The van der Waals surface area contributed by atoms with E-state index in [9.17, 15) is 13.6 Å². The lowest BCUT2D eigenvalue weighted by atomic mass is 10.1. The first-order valence-electron chi connectivity index (χ1n) is 8.01. The molecule has 7 heteroatoms. The van der Waals surface area contributed by atoms with Crippen molar-refractivity contribution < 1.29 is 13.6 Å². The first kappa shape index (κ1) is 15.6. The highest BCUT2D eigenvalue weighted by Crippen LogP contribution is 2.41. The second-order valence-electron chi connectivity index (χ2n) is 6.12. The number of aromatic nitrogens is 2. The lowest BCUT2D eigenvalue weighted by Gasteiger charge is -2.15. The van der Waals surface area contributed by atoms with Gasteiger partial charge in [0, 0.05) is 7.05 Å². The molecule has 0 radical (unpaired) electrons. The van der Waals surface area contributed by atoms with Crippen molar-refractivity contribution in [3.8, 4) is 0 Å². The van der Waals surface area contributed by atoms with Crippen molar-refractivity contribution in [1.82, 2.24) is 14.7 Å². The van der Waals surface area contributed by atoms with E-state index in [4.69, 9.17) is 0 Å². The number of amides is 1. The Morgan fingerprint density at radius 2 is 2.04 bits per heavy atom. The van der Waals surface area contributed by atoms with Crippen molar-refractivity contribution in [2.45, 2.75) is 18.8 Å². The highest BCUT2D eigenvalue weighted by Gasteiger charge is 2.25. The highest BCUT2D eigenvalue weighted by molar-refractivity contribution is 6.00. The number of imidazole rings is 1. The van der Waals surface area contributed by atoms with Crippen molar-refractivity contribution in [1.29, 1.82) is 0 Å². The topological polar surface area (TPSA) is 58.4 Å². The summed E-state index contributed by atoms with van der Waals surface area (Å²) in [6.45, 7) is 0. The summed E-state index contributed by atoms with van der Waals surface area (Å²) >= 11 is 0. The molecule has 1 saturated carbocycles. The maximum Gasteiger partial charge on any atom is 0.254 e. The number of carbonyl (C=O) groups is 1. The summed E-state index contributed by atoms with van der Waals surface area (Å²) in [5.74, 6) is -0.773. The fourth-order valence-electron chi connectivity index (χ4n) is 2.91. The van der Waals surface area contributed by atoms with Crippen LogP contribution in [0.25, 0.3) is 5.52 Å². The molecule has 2 aromatic heterocycles. The van der Waals surface area contributed by atoms with Gasteiger partial charge in [-0.25, -0.2) is 13.8 Å². The number of fused-ring (bicyclic) bond motifs is 1. The minimum Gasteiger partial charge on any atom is -0.355 e. The lowest BCUT2D eigenvalue weighted by Crippen LogP contribution is -2.21. The Morgan fingerprint density at radius 3 is 2.72 bits per heavy atom. The Balaban J connectivity index is 1.81. The van der Waals surface area contributed by atoms with E-state index in [-0.39, 0.29) is 22.6 Å². The second-order valence-corrected chi connectivity index (χ2v) is 6.12. The lowest BCUT2D eigenvalue weighted by molar-refractivity contribution is 0.0963. The molecule has 128 valence electrons. The zero-order valence-electron chi connectivity index (χ0n) is 13.5. The van der Waals surface area contributed by atoms with Gasteiger partial charge in [0.25, 0.3) is 5.91 Å². The van der Waals surface area contributed by atoms with Gasteiger partial charge >= 0.3 is 0 Å². The molecule has 1 fully saturated rings. The largest absolute Gasteiger partial charge is 0.355 e. The van der Waals surface area contributed by atoms with Crippen LogP contribution in [0.2, 0.25) is 0 Å². The van der Waals surface area contributed by atoms with Crippen LogP contribution >= 0.6 is 0 Å². The number of benzene rings is 1. The zero-order valence-corrected chi connectivity index (χ0v) is 13.5. The van der Waals surface area contributed by atoms with Gasteiger partial charge in [0.2, 0.25) is 0 Å². The van der Waals surface area contributed by atoms with Crippen molar-refractivity contribution in [3.05, 3.63) is 59.6 Å². The van der Waals surface area contributed by atoms with Crippen LogP contribution in [0.3, 0.4) is 0 Å². The highest BCUT2D eigenvalue weighted by atomic mass is 19.1. The molecule has 1 amide bonds. The number of pyridine rings is 1. The average Bonchev–Trinajstić information content (AvgIpc) is 3.34. The summed E-state index contributed by atoms with van der Waals surface area (Å²) in [7, 11) is 1.45. The fourth-order valence-corrected chi connectivity index (χ4v) is 2.91. The van der Waals surface area contributed by atoms with Crippen LogP contribution < -0.4 is 10.6 Å². The van der Waals surface area contributed by atoms with Crippen LogP contribution in [0.4, 0.5) is 20.3 Å². The second kappa shape index (κ2) is 5.84. The molecule has 2 heterocycles. The summed E-state index contributed by atoms with van der Waals surface area (Å²) in [6, 6.07) is 6.14. The Bertz CT molecular complexity index is 979. The van der Waals surface area contributed by atoms with E-state index in [2.05, 4.69) is 15.6 Å². The van der Waals surface area contributed by atoms with E-state index < -0.39 is 17.5 Å². The van der Waals surface area contributed by atoms with Crippen LogP contribution in [0.15, 0.2) is 36.8 Å². The van der Waals surface area contributed by atoms with Gasteiger partial charge in [0.15, 0.2) is 0 Å². The van der Waals surface area contributed by atoms with E-state index in [0.717, 1.165) is 24.5 Å². The monoisotopic (exact) mass is 342 g/mol. The molecule has 1 aliphatic carbocycles. The summed E-state index contributed by atoms with van der Waals surface area (Å²) in [5, 5.41) is 5.38. The van der Waals surface area contributed by atoms with Gasteiger partial charge < -0.3 is 10.6 Å². The third-order valence-electron chi connectivity index (χ3n) is 4.42. The first-order chi connectivity index (χ1) is 12.1. The van der Waals surface area contributed by atoms with Crippen LogP contribution in [-0.4, -0.2) is 22.3 Å². The number of hydrogen-bond acceptors (Lipinski definition) is 3. The number of carbonyl (C=O) groups excluding carboxylic acids is 1. The Labute approximate surface area is 142 Å². The molecule has 2 N–H and O–H groups in total. The Morgan fingerprint density at radius 1 is 1.24 bits per heavy atom. The predicted octanol–water partition coefficient (Wildman–Crippen LogP) is 3.59. The summed E-state index contributed by atoms with van der Waals surface area (Å²) in [6.07, 6.45) is 4.89. The number of anilines is 2. The van der Waals surface area contributed by atoms with Gasteiger partial charge in [0.1, 0.15) is 29.3 Å². The van der Waals surface area contributed by atoms with Crippen molar-refractivity contribution in [2.24, 2.45) is 0 Å². The number of hydrogen-bond donors (Lipinski definition) is 2. The molecular weight excluding hydrogens is 326 g/mol. The molecule has 0 spiro atoms. The third-order valence-corrected chi connectivity index (χ3v) is 4.42. The molecule has 0 unspecified atom stereocenters. The van der Waals surface area contributed by atoms with Crippen LogP contribution in [-0.2, 0) is 0 Å². The van der Waals surface area contributed by atoms with Gasteiger partial charge in [-0.1, -0.05) is 6.07 Å². The van der Waals surface area contributed by atoms with Gasteiger partial charge in [-0.15, -0.1) is 0 Å². The van der Waals surface area contributed by atoms with E-state index >= 15 is 0 Å². The summed E-state index contributed by atoms with van der Waals surface area (Å²) in [4.78, 5) is 16.0. The Kier molecular flexibility index (Phi) is 3.63. The minimum absolute atomic E-state index is 0.0659. The molecule has 0 bridgehead atoms. The number of rotatable bonds is 4. The number of nitrogens with one attached hydrogen (secondary N) is 2. The van der Waals surface area contributed by atoms with Crippen LogP contribution in [0, 0.1) is 11.6 Å². The molecule has 1 aromatic carbocycles. The van der Waals surface area contributed by atoms with Crippen LogP contribution in [0.5, 0.6) is 0 Å². The van der Waals surface area contributed by atoms with E-state index in [1.807, 2.05) is 6.07 Å². The molecule has 0 aliphatic heterocycles. The minimum atomic E-state index is -0.578. The molecule has 5 nitrogen and oxygen atoms in total. The maximum atomic E-state index is 14.5. The van der Waals surface area contributed by atoms with Crippen molar-refractivity contribution in [3.63, 3.8) is 0 Å². The number of halogens is 2. The summed E-state index contributed by atoms with van der Waals surface area (Å²) < 4.78 is 30.1. The quantitative estimate of drug-likeness (QED) is 0.762. The molecule has 1 aliphatic rings. The molecule has 25 heavy (non-hydrogen) atoms. The smallest absolute Gasteiger partial charge is 0.254 e. The normalized spacial score (nSPS) is 13.9. The maximum absolute atomic E-state index is 14.5. The summed E-state index contributed by atoms with van der Waals surface area (Å²) in [5.41, 5.74) is 1.46. The van der Waals surface area contributed by atoms with Gasteiger partial charge in [0.05, 0.1) is 17.4 Å². The third kappa shape index (κ3) is 2.71. The average molecular weight is 342 g/mol. The van der Waals surface area contributed by atoms with E-state index in [1.165, 1.54) is 30.0 Å². The molecular formula is C18H16F2N4O. The first-order valence-corrected chi connectivity index (χ1v) is 8.01. The van der Waals surface area contributed by atoms with E-state index in [0.29, 0.717) is 5.92 Å². The zero-order chi connectivity index (χ0) is 17.6. The molecule has 0 atom stereocenters. The molecule has 3 aromatic rings. The molecule has 0 saturated heterocycles. The Hall–Kier alpha value is -2.96. The van der Waals surface area contributed by atoms with Gasteiger partial charge in [-0.3, -0.25) is 9.20 Å². The van der Waals surface area contributed by atoms with Gasteiger partial charge in [-0.05, 0) is 42.5 Å². The molecule has 4 rings (SSSR count). The standard InChI is InChI=1S/C18H16F2N4O/c1-21-18(25)12-7-14(20)16-8-22-9-24(16)17(12)23-15-5-4-11(6-13(15)19)10-2-3-10/h4-10,23H,2-3H2,1H3,(H,21,25). The van der Waals surface area contributed by atoms with Crippen molar-refractivity contribution in [2.75, 3.05) is 12.4 Å². The van der Waals surface area contributed by atoms with Crippen LogP contribution in [0.1, 0.15) is 34.7 Å². The van der Waals surface area contributed by atoms with E-state index in [1.54, 1.807) is 6.07 Å². The number of nitrogens with zero attached hydrogens (tertiary/aromatic N) is 2. The fraction of sp³-hybridized carbons (Fsp3) is 0.222. The van der Waals surface area contributed by atoms with Crippen molar-refractivity contribution >= 4 is 22.9 Å².